The number of fused-ring (bicyclic) bond motifs is 1. The van der Waals surface area contributed by atoms with E-state index < -0.39 is 17.6 Å². The lowest BCUT2D eigenvalue weighted by Gasteiger charge is -2.26. The highest BCUT2D eigenvalue weighted by molar-refractivity contribution is 5.94. The normalized spacial score (nSPS) is 15.8. The van der Waals surface area contributed by atoms with Gasteiger partial charge in [0.2, 0.25) is 0 Å². The van der Waals surface area contributed by atoms with Crippen molar-refractivity contribution in [2.75, 3.05) is 32.9 Å². The maximum Gasteiger partial charge on any atom is 0.282 e. The van der Waals surface area contributed by atoms with Crippen molar-refractivity contribution in [3.8, 4) is 0 Å². The molecule has 2 heterocycles. The smallest absolute Gasteiger partial charge is 0.282 e. The zero-order valence-electron chi connectivity index (χ0n) is 16.3. The zero-order chi connectivity index (χ0) is 20.3. The minimum absolute atomic E-state index is 0.102. The van der Waals surface area contributed by atoms with E-state index in [0.717, 1.165) is 11.1 Å². The fraction of sp³-hybridized carbons (Fsp3) is 0.550. The topological polar surface area (TPSA) is 105 Å². The van der Waals surface area contributed by atoms with Gasteiger partial charge in [0, 0.05) is 26.2 Å². The number of carbonyl (C=O) groups excluding carboxylic acids is 1. The van der Waals surface area contributed by atoms with Gasteiger partial charge in [0.15, 0.2) is 5.69 Å². The molecular weight excluding hydrogens is 362 g/mol. The second-order valence-electron chi connectivity index (χ2n) is 7.20. The summed E-state index contributed by atoms with van der Waals surface area (Å²) in [5.74, 6) is -0.391. The van der Waals surface area contributed by atoms with E-state index in [0.29, 0.717) is 43.8 Å². The molecule has 0 spiro atoms. The summed E-state index contributed by atoms with van der Waals surface area (Å²) < 4.78 is 6.80. The molecule has 2 aromatic rings. The number of aliphatic hydroxyl groups is 2. The number of amides is 1. The van der Waals surface area contributed by atoms with Crippen LogP contribution in [0.5, 0.6) is 0 Å². The largest absolute Gasteiger partial charge is 0.396 e. The van der Waals surface area contributed by atoms with Crippen LogP contribution in [0, 0.1) is 13.8 Å². The monoisotopic (exact) mass is 389 g/mol. The van der Waals surface area contributed by atoms with Crippen molar-refractivity contribution >= 4 is 16.9 Å². The van der Waals surface area contributed by atoms with Crippen molar-refractivity contribution in [3.63, 3.8) is 0 Å². The van der Waals surface area contributed by atoms with Crippen molar-refractivity contribution < 1.29 is 19.7 Å². The van der Waals surface area contributed by atoms with Crippen LogP contribution < -0.4 is 5.56 Å². The van der Waals surface area contributed by atoms with Crippen LogP contribution in [0.4, 0.5) is 0 Å². The summed E-state index contributed by atoms with van der Waals surface area (Å²) in [6.45, 7) is 5.78. The van der Waals surface area contributed by atoms with Crippen LogP contribution >= 0.6 is 0 Å². The number of aryl methyl sites for hydroxylation is 3. The second kappa shape index (κ2) is 8.81. The van der Waals surface area contributed by atoms with Crippen molar-refractivity contribution in [2.24, 2.45) is 0 Å². The van der Waals surface area contributed by atoms with E-state index in [4.69, 9.17) is 9.84 Å². The third kappa shape index (κ3) is 4.24. The number of morpholine rings is 1. The van der Waals surface area contributed by atoms with E-state index in [1.54, 1.807) is 4.90 Å². The Morgan fingerprint density at radius 3 is 2.57 bits per heavy atom. The summed E-state index contributed by atoms with van der Waals surface area (Å²) >= 11 is 0. The van der Waals surface area contributed by atoms with Crippen LogP contribution in [-0.4, -0.2) is 69.6 Å². The number of rotatable bonds is 6. The Bertz CT molecular complexity index is 918. The van der Waals surface area contributed by atoms with E-state index in [1.807, 2.05) is 26.0 Å². The van der Waals surface area contributed by atoms with Gasteiger partial charge in [-0.2, -0.15) is 0 Å². The van der Waals surface area contributed by atoms with Crippen molar-refractivity contribution in [1.82, 2.24) is 14.5 Å². The molecule has 1 amide bonds. The van der Waals surface area contributed by atoms with Gasteiger partial charge in [-0.15, -0.1) is 0 Å². The van der Waals surface area contributed by atoms with Gasteiger partial charge < -0.3 is 24.4 Å². The number of hydrogen-bond donors (Lipinski definition) is 2. The lowest BCUT2D eigenvalue weighted by Crippen LogP contribution is -2.44. The van der Waals surface area contributed by atoms with Gasteiger partial charge >= 0.3 is 0 Å². The molecule has 1 unspecified atom stereocenters. The van der Waals surface area contributed by atoms with Crippen LogP contribution in [0.2, 0.25) is 0 Å². The van der Waals surface area contributed by atoms with Crippen LogP contribution in [0.25, 0.3) is 11.0 Å². The molecule has 8 nitrogen and oxygen atoms in total. The summed E-state index contributed by atoms with van der Waals surface area (Å²) in [6, 6.07) is 3.77. The highest BCUT2D eigenvalue weighted by atomic mass is 16.5. The van der Waals surface area contributed by atoms with Crippen LogP contribution in [0.3, 0.4) is 0 Å². The summed E-state index contributed by atoms with van der Waals surface area (Å²) in [4.78, 5) is 32.0. The summed E-state index contributed by atoms with van der Waals surface area (Å²) in [5.41, 5.74) is 2.71. The second-order valence-corrected chi connectivity index (χ2v) is 7.20. The van der Waals surface area contributed by atoms with E-state index >= 15 is 0 Å². The third-order valence-electron chi connectivity index (χ3n) is 5.21. The van der Waals surface area contributed by atoms with E-state index in [9.17, 15) is 14.7 Å². The zero-order valence-corrected chi connectivity index (χ0v) is 16.3. The standard InChI is InChI=1S/C20H27N3O5/c1-13-11-16-17(12-14(13)2)23(5-3-15(25)4-8-24)20(27)18(21-16)19(26)22-6-9-28-10-7-22/h11-12,15,24-25H,3-10H2,1-2H3. The number of aliphatic hydroxyl groups excluding tert-OH is 2. The Hall–Kier alpha value is -2.29. The molecule has 1 atom stereocenters. The molecule has 1 fully saturated rings. The molecule has 1 aromatic carbocycles. The molecule has 1 saturated heterocycles. The van der Waals surface area contributed by atoms with Gasteiger partial charge in [0.05, 0.1) is 30.4 Å². The average Bonchev–Trinajstić information content (AvgIpc) is 2.69. The molecule has 3 rings (SSSR count). The molecule has 152 valence electrons. The third-order valence-corrected chi connectivity index (χ3v) is 5.21. The van der Waals surface area contributed by atoms with Crippen molar-refractivity contribution in [3.05, 3.63) is 39.3 Å². The Kier molecular flexibility index (Phi) is 6.43. The highest BCUT2D eigenvalue weighted by Crippen LogP contribution is 2.18. The predicted octanol–water partition coefficient (Wildman–Crippen LogP) is 0.619. The maximum atomic E-state index is 13.1. The SMILES string of the molecule is Cc1cc2nc(C(=O)N3CCOCC3)c(=O)n(CCC(O)CCO)c2cc1C. The fourth-order valence-electron chi connectivity index (χ4n) is 3.35. The molecule has 2 N–H and O–H groups in total. The Labute approximate surface area is 163 Å². The first-order valence-electron chi connectivity index (χ1n) is 9.60. The van der Waals surface area contributed by atoms with Gasteiger partial charge in [-0.25, -0.2) is 4.98 Å². The first kappa shape index (κ1) is 20.4. The Morgan fingerprint density at radius 1 is 1.21 bits per heavy atom. The van der Waals surface area contributed by atoms with Gasteiger partial charge in [0.25, 0.3) is 11.5 Å². The molecule has 0 aliphatic carbocycles. The number of benzene rings is 1. The lowest BCUT2D eigenvalue weighted by molar-refractivity contribution is 0.0297. The summed E-state index contributed by atoms with van der Waals surface area (Å²) in [7, 11) is 0. The predicted molar refractivity (Wildman–Crippen MR) is 105 cm³/mol. The average molecular weight is 389 g/mol. The molecule has 1 aliphatic rings. The summed E-state index contributed by atoms with van der Waals surface area (Å²) in [6.07, 6.45) is -0.169. The van der Waals surface area contributed by atoms with Gasteiger partial charge in [0.1, 0.15) is 0 Å². The molecule has 0 saturated carbocycles. The number of nitrogens with zero attached hydrogens (tertiary/aromatic N) is 3. The minimum Gasteiger partial charge on any atom is -0.396 e. The van der Waals surface area contributed by atoms with Crippen LogP contribution in [0.15, 0.2) is 16.9 Å². The Morgan fingerprint density at radius 2 is 1.89 bits per heavy atom. The first-order valence-corrected chi connectivity index (χ1v) is 9.60. The number of aromatic nitrogens is 2. The lowest BCUT2D eigenvalue weighted by atomic mass is 10.1. The molecule has 28 heavy (non-hydrogen) atoms. The van der Waals surface area contributed by atoms with E-state index in [2.05, 4.69) is 4.98 Å². The van der Waals surface area contributed by atoms with Gasteiger partial charge in [-0.3, -0.25) is 9.59 Å². The van der Waals surface area contributed by atoms with Crippen molar-refractivity contribution in [1.29, 1.82) is 0 Å². The Balaban J connectivity index is 2.06. The van der Waals surface area contributed by atoms with Crippen LogP contribution in [0.1, 0.15) is 34.5 Å². The van der Waals surface area contributed by atoms with E-state index in [1.165, 1.54) is 4.57 Å². The number of hydrogen-bond acceptors (Lipinski definition) is 6. The number of carbonyl (C=O) groups is 1. The molecule has 8 heteroatoms. The minimum atomic E-state index is -0.718. The van der Waals surface area contributed by atoms with Crippen molar-refractivity contribution in [2.45, 2.75) is 39.3 Å². The molecular formula is C20H27N3O5. The fourth-order valence-corrected chi connectivity index (χ4v) is 3.35. The van der Waals surface area contributed by atoms with Gasteiger partial charge in [-0.05, 0) is 49.9 Å². The molecule has 0 bridgehead atoms. The number of ether oxygens (including phenoxy) is 1. The maximum absolute atomic E-state index is 13.1. The molecule has 0 radical (unpaired) electrons. The first-order chi connectivity index (χ1) is 13.4. The molecule has 1 aliphatic heterocycles. The van der Waals surface area contributed by atoms with Crippen LogP contribution in [-0.2, 0) is 11.3 Å². The summed E-state index contributed by atoms with van der Waals surface area (Å²) in [5, 5.41) is 19.0. The quantitative estimate of drug-likeness (QED) is 0.750. The van der Waals surface area contributed by atoms with Gasteiger partial charge in [-0.1, -0.05) is 0 Å². The van der Waals surface area contributed by atoms with E-state index in [-0.39, 0.29) is 25.3 Å². The highest BCUT2D eigenvalue weighted by Gasteiger charge is 2.25. The molecule has 1 aromatic heterocycles.